The van der Waals surface area contributed by atoms with E-state index in [0.717, 1.165) is 17.5 Å². The number of carbonyl (C=O) groups is 3. The third-order valence-corrected chi connectivity index (χ3v) is 5.32. The predicted molar refractivity (Wildman–Crippen MR) is 101 cm³/mol. The van der Waals surface area contributed by atoms with E-state index in [2.05, 4.69) is 0 Å². The van der Waals surface area contributed by atoms with Gasteiger partial charge in [-0.1, -0.05) is 26.8 Å². The highest BCUT2D eigenvalue weighted by Crippen LogP contribution is 2.28. The van der Waals surface area contributed by atoms with E-state index >= 15 is 0 Å². The van der Waals surface area contributed by atoms with E-state index in [1.807, 2.05) is 26.8 Å². The molecule has 0 saturated carbocycles. The Bertz CT molecular complexity index is 766. The molecule has 0 spiro atoms. The number of hydrogen-bond donors (Lipinski definition) is 1. The van der Waals surface area contributed by atoms with E-state index in [0.29, 0.717) is 38.9 Å². The second-order valence-electron chi connectivity index (χ2n) is 8.78. The summed E-state index contributed by atoms with van der Waals surface area (Å²) in [6, 6.07) is 4.73. The van der Waals surface area contributed by atoms with Crippen LogP contribution in [0.1, 0.15) is 61.5 Å². The van der Waals surface area contributed by atoms with Crippen LogP contribution in [0.2, 0.25) is 0 Å². The van der Waals surface area contributed by atoms with Crippen molar-refractivity contribution in [2.75, 3.05) is 13.1 Å². The number of likely N-dealkylation sites (tertiary alicyclic amines) is 1. The number of fused-ring (bicyclic) bond motifs is 1. The lowest BCUT2D eigenvalue weighted by Crippen LogP contribution is -2.49. The van der Waals surface area contributed by atoms with Gasteiger partial charge in [0.2, 0.25) is 11.8 Å². The Morgan fingerprint density at radius 2 is 1.89 bits per heavy atom. The number of carboxylic acid groups (broad SMARTS) is 1. The predicted octanol–water partition coefficient (Wildman–Crippen LogP) is 2.70. The number of amides is 2. The van der Waals surface area contributed by atoms with Crippen molar-refractivity contribution in [3.63, 3.8) is 0 Å². The second-order valence-corrected chi connectivity index (χ2v) is 8.78. The van der Waals surface area contributed by atoms with Crippen LogP contribution in [0, 0.1) is 5.41 Å². The van der Waals surface area contributed by atoms with E-state index in [1.165, 1.54) is 0 Å². The van der Waals surface area contributed by atoms with Gasteiger partial charge in [0.25, 0.3) is 0 Å². The van der Waals surface area contributed by atoms with Gasteiger partial charge in [-0.05, 0) is 47.9 Å². The van der Waals surface area contributed by atoms with Crippen molar-refractivity contribution in [2.24, 2.45) is 5.41 Å². The van der Waals surface area contributed by atoms with E-state index in [-0.39, 0.29) is 28.8 Å². The average Bonchev–Trinajstić information content (AvgIpc) is 3.08. The third-order valence-electron chi connectivity index (χ3n) is 5.32. The molecular weight excluding hydrogens is 344 g/mol. The molecule has 1 saturated heterocycles. The molecule has 6 heteroatoms. The van der Waals surface area contributed by atoms with Gasteiger partial charge in [-0.2, -0.15) is 0 Å². The molecule has 3 rings (SSSR count). The highest BCUT2D eigenvalue weighted by molar-refractivity contribution is 5.89. The highest BCUT2D eigenvalue weighted by Gasteiger charge is 2.38. The minimum atomic E-state index is -0.962. The molecule has 1 atom stereocenters. The van der Waals surface area contributed by atoms with Crippen molar-refractivity contribution < 1.29 is 19.5 Å². The molecule has 2 aliphatic rings. The van der Waals surface area contributed by atoms with Crippen LogP contribution < -0.4 is 0 Å². The summed E-state index contributed by atoms with van der Waals surface area (Å²) < 4.78 is 0. The summed E-state index contributed by atoms with van der Waals surface area (Å²) in [5.74, 6) is -0.930. The molecule has 6 nitrogen and oxygen atoms in total. The van der Waals surface area contributed by atoms with Gasteiger partial charge in [-0.3, -0.25) is 9.59 Å². The molecule has 2 aliphatic heterocycles. The first-order chi connectivity index (χ1) is 12.7. The minimum absolute atomic E-state index is 0.0128. The van der Waals surface area contributed by atoms with Crippen LogP contribution in [0.25, 0.3) is 0 Å². The van der Waals surface area contributed by atoms with Crippen LogP contribution >= 0.6 is 0 Å². The molecule has 1 N–H and O–H groups in total. The maximum Gasteiger partial charge on any atom is 0.335 e. The first-order valence-corrected chi connectivity index (χ1v) is 9.59. The van der Waals surface area contributed by atoms with Crippen molar-refractivity contribution in [2.45, 2.75) is 59.0 Å². The fraction of sp³-hybridized carbons (Fsp3) is 0.571. The lowest BCUT2D eigenvalue weighted by atomic mass is 9.91. The summed E-state index contributed by atoms with van der Waals surface area (Å²) in [6.45, 7) is 7.74. The molecular formula is C21H28N2O4. The molecule has 1 unspecified atom stereocenters. The summed E-state index contributed by atoms with van der Waals surface area (Å²) in [7, 11) is 0. The number of hydrogen-bond acceptors (Lipinski definition) is 3. The number of carbonyl (C=O) groups excluding carboxylic acids is 2. The average molecular weight is 372 g/mol. The van der Waals surface area contributed by atoms with E-state index in [4.69, 9.17) is 0 Å². The Hall–Kier alpha value is -2.37. The van der Waals surface area contributed by atoms with Crippen LogP contribution in [0.15, 0.2) is 18.2 Å². The molecule has 1 aromatic rings. The zero-order valence-corrected chi connectivity index (χ0v) is 16.3. The Labute approximate surface area is 160 Å². The molecule has 2 amide bonds. The smallest absolute Gasteiger partial charge is 0.335 e. The van der Waals surface area contributed by atoms with Crippen LogP contribution in [0.4, 0.5) is 0 Å². The molecule has 1 fully saturated rings. The number of rotatable bonds is 3. The summed E-state index contributed by atoms with van der Waals surface area (Å²) in [6.07, 6.45) is 2.69. The van der Waals surface area contributed by atoms with Crippen LogP contribution in [0.3, 0.4) is 0 Å². The SMILES string of the molecule is CC(C)(C)CC(=O)N1CCCC1C(=O)N1CCc2ccc(C(=O)O)cc2C1. The molecule has 0 aliphatic carbocycles. The van der Waals surface area contributed by atoms with Crippen molar-refractivity contribution in [3.05, 3.63) is 34.9 Å². The summed E-state index contributed by atoms with van der Waals surface area (Å²) in [5, 5.41) is 9.20. The Morgan fingerprint density at radius 1 is 1.15 bits per heavy atom. The Kier molecular flexibility index (Phi) is 5.27. The fourth-order valence-corrected chi connectivity index (χ4v) is 3.97. The molecule has 0 radical (unpaired) electrons. The topological polar surface area (TPSA) is 77.9 Å². The van der Waals surface area contributed by atoms with Crippen molar-refractivity contribution in [1.82, 2.24) is 9.80 Å². The summed E-state index contributed by atoms with van der Waals surface area (Å²) in [4.78, 5) is 40.5. The van der Waals surface area contributed by atoms with E-state index in [1.54, 1.807) is 21.9 Å². The van der Waals surface area contributed by atoms with Crippen molar-refractivity contribution in [3.8, 4) is 0 Å². The lowest BCUT2D eigenvalue weighted by Gasteiger charge is -2.34. The van der Waals surface area contributed by atoms with Gasteiger partial charge >= 0.3 is 5.97 Å². The maximum atomic E-state index is 13.1. The van der Waals surface area contributed by atoms with Gasteiger partial charge in [0.15, 0.2) is 0 Å². The van der Waals surface area contributed by atoms with Crippen LogP contribution in [0.5, 0.6) is 0 Å². The van der Waals surface area contributed by atoms with E-state index < -0.39 is 5.97 Å². The molecule has 2 heterocycles. The molecule has 0 bridgehead atoms. The van der Waals surface area contributed by atoms with Gasteiger partial charge in [-0.15, -0.1) is 0 Å². The molecule has 146 valence electrons. The minimum Gasteiger partial charge on any atom is -0.478 e. The zero-order valence-electron chi connectivity index (χ0n) is 16.3. The van der Waals surface area contributed by atoms with Gasteiger partial charge in [0.05, 0.1) is 5.56 Å². The van der Waals surface area contributed by atoms with Crippen LogP contribution in [-0.2, 0) is 22.6 Å². The first kappa shape index (κ1) is 19.4. The highest BCUT2D eigenvalue weighted by atomic mass is 16.4. The Balaban J connectivity index is 1.73. The fourth-order valence-electron chi connectivity index (χ4n) is 3.97. The second kappa shape index (κ2) is 7.33. The Morgan fingerprint density at radius 3 is 2.56 bits per heavy atom. The quantitative estimate of drug-likeness (QED) is 0.885. The van der Waals surface area contributed by atoms with Gasteiger partial charge < -0.3 is 14.9 Å². The number of carboxylic acids is 1. The van der Waals surface area contributed by atoms with Gasteiger partial charge in [0.1, 0.15) is 6.04 Å². The number of benzene rings is 1. The van der Waals surface area contributed by atoms with Crippen molar-refractivity contribution >= 4 is 17.8 Å². The number of aromatic carboxylic acids is 1. The van der Waals surface area contributed by atoms with Crippen LogP contribution in [-0.4, -0.2) is 51.8 Å². The first-order valence-electron chi connectivity index (χ1n) is 9.59. The zero-order chi connectivity index (χ0) is 19.8. The largest absolute Gasteiger partial charge is 0.478 e. The standard InChI is InChI=1S/C21H28N2O4/c1-21(2,3)12-18(24)23-9-4-5-17(23)19(25)22-10-8-14-6-7-15(20(26)27)11-16(14)13-22/h6-7,11,17H,4-5,8-10,12-13H2,1-3H3,(H,26,27). The molecule has 0 aromatic heterocycles. The van der Waals surface area contributed by atoms with Gasteiger partial charge in [-0.25, -0.2) is 4.79 Å². The third kappa shape index (κ3) is 4.31. The summed E-state index contributed by atoms with van der Waals surface area (Å²) >= 11 is 0. The number of nitrogens with zero attached hydrogens (tertiary/aromatic N) is 2. The van der Waals surface area contributed by atoms with Gasteiger partial charge in [0, 0.05) is 26.1 Å². The lowest BCUT2D eigenvalue weighted by molar-refractivity contribution is -0.145. The normalized spacial score (nSPS) is 19.7. The van der Waals surface area contributed by atoms with Crippen molar-refractivity contribution in [1.29, 1.82) is 0 Å². The monoisotopic (exact) mass is 372 g/mol. The summed E-state index contributed by atoms with van der Waals surface area (Å²) in [5.41, 5.74) is 2.12. The molecule has 27 heavy (non-hydrogen) atoms. The van der Waals surface area contributed by atoms with E-state index in [9.17, 15) is 19.5 Å². The maximum absolute atomic E-state index is 13.1. The molecule has 1 aromatic carbocycles.